The van der Waals surface area contributed by atoms with E-state index in [1.54, 1.807) is 0 Å². The second-order valence-electron chi connectivity index (χ2n) is 5.84. The van der Waals surface area contributed by atoms with Gasteiger partial charge in [-0.25, -0.2) is 0 Å². The number of carbonyl (C=O) groups excluding carboxylic acids is 1. The maximum Gasteiger partial charge on any atom is 0.303 e. The summed E-state index contributed by atoms with van der Waals surface area (Å²) in [4.78, 5) is 25.2. The number of benzene rings is 1. The Labute approximate surface area is 136 Å². The largest absolute Gasteiger partial charge is 0.481 e. The summed E-state index contributed by atoms with van der Waals surface area (Å²) in [6.07, 6.45) is 2.54. The Kier molecular flexibility index (Phi) is 6.25. The number of piperidine rings is 1. The van der Waals surface area contributed by atoms with E-state index in [1.165, 1.54) is 0 Å². The van der Waals surface area contributed by atoms with Crippen molar-refractivity contribution in [2.45, 2.75) is 25.7 Å². The van der Waals surface area contributed by atoms with Gasteiger partial charge in [0.15, 0.2) is 0 Å². The van der Waals surface area contributed by atoms with Gasteiger partial charge >= 0.3 is 5.97 Å². The molecule has 5 heteroatoms. The van der Waals surface area contributed by atoms with Crippen LogP contribution >= 0.6 is 11.6 Å². The first-order chi connectivity index (χ1) is 10.6. The molecule has 1 fully saturated rings. The van der Waals surface area contributed by atoms with Crippen LogP contribution in [0.1, 0.15) is 36.0 Å². The molecule has 1 heterocycles. The molecule has 1 aliphatic heterocycles. The molecule has 22 heavy (non-hydrogen) atoms. The Bertz CT molecular complexity index is 506. The lowest BCUT2D eigenvalue weighted by molar-refractivity contribution is -0.137. The molecule has 0 spiro atoms. The van der Waals surface area contributed by atoms with Crippen molar-refractivity contribution in [3.8, 4) is 0 Å². The van der Waals surface area contributed by atoms with Crippen LogP contribution in [0.25, 0.3) is 0 Å². The lowest BCUT2D eigenvalue weighted by Crippen LogP contribution is -2.44. The van der Waals surface area contributed by atoms with Gasteiger partial charge in [-0.05, 0) is 43.2 Å². The molecule has 0 radical (unpaired) electrons. The van der Waals surface area contributed by atoms with Gasteiger partial charge in [0.05, 0.1) is 0 Å². The molecule has 2 atom stereocenters. The van der Waals surface area contributed by atoms with Gasteiger partial charge in [0.2, 0.25) is 0 Å². The van der Waals surface area contributed by atoms with Crippen LogP contribution < -0.4 is 0 Å². The van der Waals surface area contributed by atoms with E-state index in [2.05, 4.69) is 0 Å². The van der Waals surface area contributed by atoms with E-state index in [0.29, 0.717) is 42.8 Å². The minimum atomic E-state index is -0.757. The standard InChI is InChI=1S/C17H22ClNO3/c18-10-8-15-12-19(11-9-13(15)6-7-16(20)21)17(22)14-4-2-1-3-5-14/h1-5,13,15H,6-12H2,(H,20,21). The summed E-state index contributed by atoms with van der Waals surface area (Å²) in [5.74, 6) is 0.471. The molecule has 120 valence electrons. The van der Waals surface area contributed by atoms with Gasteiger partial charge in [-0.1, -0.05) is 18.2 Å². The van der Waals surface area contributed by atoms with E-state index in [-0.39, 0.29) is 12.3 Å². The fourth-order valence-electron chi connectivity index (χ4n) is 3.18. The molecule has 1 saturated heterocycles. The zero-order valence-electron chi connectivity index (χ0n) is 12.6. The zero-order valence-corrected chi connectivity index (χ0v) is 13.3. The van der Waals surface area contributed by atoms with Gasteiger partial charge < -0.3 is 10.0 Å². The zero-order chi connectivity index (χ0) is 15.9. The third-order valence-electron chi connectivity index (χ3n) is 4.41. The van der Waals surface area contributed by atoms with E-state index in [9.17, 15) is 9.59 Å². The van der Waals surface area contributed by atoms with Crippen molar-refractivity contribution >= 4 is 23.5 Å². The van der Waals surface area contributed by atoms with Crippen LogP contribution in [-0.2, 0) is 4.79 Å². The monoisotopic (exact) mass is 323 g/mol. The first-order valence-corrected chi connectivity index (χ1v) is 8.27. The van der Waals surface area contributed by atoms with Gasteiger partial charge in [0, 0.05) is 31.0 Å². The molecule has 0 saturated carbocycles. The maximum absolute atomic E-state index is 12.5. The number of likely N-dealkylation sites (tertiary alicyclic amines) is 1. The summed E-state index contributed by atoms with van der Waals surface area (Å²) in [6, 6.07) is 9.28. The third-order valence-corrected chi connectivity index (χ3v) is 4.63. The Morgan fingerprint density at radius 3 is 2.55 bits per heavy atom. The first kappa shape index (κ1) is 16.8. The van der Waals surface area contributed by atoms with Crippen LogP contribution in [-0.4, -0.2) is 40.9 Å². The molecule has 2 unspecified atom stereocenters. The predicted octanol–water partition coefficient (Wildman–Crippen LogP) is 3.26. The lowest BCUT2D eigenvalue weighted by atomic mass is 9.80. The second-order valence-corrected chi connectivity index (χ2v) is 6.21. The molecular formula is C17H22ClNO3. The van der Waals surface area contributed by atoms with Crippen LogP contribution in [0.15, 0.2) is 30.3 Å². The third kappa shape index (κ3) is 4.47. The average molecular weight is 324 g/mol. The smallest absolute Gasteiger partial charge is 0.303 e. The van der Waals surface area contributed by atoms with Crippen molar-refractivity contribution < 1.29 is 14.7 Å². The van der Waals surface area contributed by atoms with E-state index in [1.807, 2.05) is 35.2 Å². The van der Waals surface area contributed by atoms with Gasteiger partial charge in [-0.15, -0.1) is 11.6 Å². The van der Waals surface area contributed by atoms with E-state index >= 15 is 0 Å². The Morgan fingerprint density at radius 2 is 1.91 bits per heavy atom. The number of hydrogen-bond acceptors (Lipinski definition) is 2. The summed E-state index contributed by atoms with van der Waals surface area (Å²) in [5, 5.41) is 8.86. The summed E-state index contributed by atoms with van der Waals surface area (Å²) in [7, 11) is 0. The summed E-state index contributed by atoms with van der Waals surface area (Å²) < 4.78 is 0. The highest BCUT2D eigenvalue weighted by Crippen LogP contribution is 2.31. The Balaban J connectivity index is 2.00. The van der Waals surface area contributed by atoms with Gasteiger partial charge in [-0.2, -0.15) is 0 Å². The number of aliphatic carboxylic acids is 1. The number of amides is 1. The van der Waals surface area contributed by atoms with Crippen molar-refractivity contribution in [2.24, 2.45) is 11.8 Å². The number of nitrogens with zero attached hydrogens (tertiary/aromatic N) is 1. The van der Waals surface area contributed by atoms with Crippen LogP contribution in [0.5, 0.6) is 0 Å². The predicted molar refractivity (Wildman–Crippen MR) is 86.1 cm³/mol. The molecule has 0 bridgehead atoms. The Morgan fingerprint density at radius 1 is 1.18 bits per heavy atom. The minimum absolute atomic E-state index is 0.0526. The molecule has 1 aliphatic rings. The lowest BCUT2D eigenvalue weighted by Gasteiger charge is -2.38. The van der Waals surface area contributed by atoms with Crippen LogP contribution in [0, 0.1) is 11.8 Å². The van der Waals surface area contributed by atoms with E-state index in [0.717, 1.165) is 12.8 Å². The molecule has 0 aromatic heterocycles. The summed E-state index contributed by atoms with van der Waals surface area (Å²) in [5.41, 5.74) is 0.705. The molecule has 1 amide bonds. The number of alkyl halides is 1. The van der Waals surface area contributed by atoms with Gasteiger partial charge in [0.1, 0.15) is 0 Å². The molecule has 0 aliphatic carbocycles. The topological polar surface area (TPSA) is 57.6 Å². The summed E-state index contributed by atoms with van der Waals surface area (Å²) >= 11 is 5.89. The highest BCUT2D eigenvalue weighted by molar-refractivity contribution is 6.17. The molecule has 1 N–H and O–H groups in total. The fourth-order valence-corrected chi connectivity index (χ4v) is 3.46. The number of carboxylic acid groups (broad SMARTS) is 1. The number of halogens is 1. The van der Waals surface area contributed by atoms with Gasteiger partial charge in [0.25, 0.3) is 5.91 Å². The Hall–Kier alpha value is -1.55. The van der Waals surface area contributed by atoms with Crippen LogP contribution in [0.2, 0.25) is 0 Å². The van der Waals surface area contributed by atoms with Crippen molar-refractivity contribution in [2.75, 3.05) is 19.0 Å². The number of carboxylic acids is 1. The van der Waals surface area contributed by atoms with Crippen LogP contribution in [0.3, 0.4) is 0 Å². The maximum atomic E-state index is 12.5. The number of carbonyl (C=O) groups is 2. The molecule has 2 rings (SSSR count). The van der Waals surface area contributed by atoms with Crippen molar-refractivity contribution in [1.82, 2.24) is 4.90 Å². The van der Waals surface area contributed by atoms with Crippen LogP contribution in [0.4, 0.5) is 0 Å². The number of rotatable bonds is 6. The molecular weight excluding hydrogens is 302 g/mol. The van der Waals surface area contributed by atoms with Crippen molar-refractivity contribution in [1.29, 1.82) is 0 Å². The van der Waals surface area contributed by atoms with Crippen molar-refractivity contribution in [3.05, 3.63) is 35.9 Å². The highest BCUT2D eigenvalue weighted by atomic mass is 35.5. The van der Waals surface area contributed by atoms with E-state index in [4.69, 9.17) is 16.7 Å². The van der Waals surface area contributed by atoms with E-state index < -0.39 is 5.97 Å². The quantitative estimate of drug-likeness (QED) is 0.817. The minimum Gasteiger partial charge on any atom is -0.481 e. The number of hydrogen-bond donors (Lipinski definition) is 1. The van der Waals surface area contributed by atoms with Crippen molar-refractivity contribution in [3.63, 3.8) is 0 Å². The second kappa shape index (κ2) is 8.18. The average Bonchev–Trinajstić information content (AvgIpc) is 2.54. The SMILES string of the molecule is O=C(O)CCC1CCN(C(=O)c2ccccc2)CC1CCCl. The normalized spacial score (nSPS) is 21.6. The molecule has 1 aromatic rings. The highest BCUT2D eigenvalue weighted by Gasteiger charge is 2.31. The van der Waals surface area contributed by atoms with Gasteiger partial charge in [-0.3, -0.25) is 9.59 Å². The fraction of sp³-hybridized carbons (Fsp3) is 0.529. The molecule has 4 nitrogen and oxygen atoms in total. The summed E-state index contributed by atoms with van der Waals surface area (Å²) in [6.45, 7) is 1.36. The first-order valence-electron chi connectivity index (χ1n) is 7.74. The molecule has 1 aromatic carbocycles.